The molecule has 1 aliphatic heterocycles. The van der Waals surface area contributed by atoms with Gasteiger partial charge in [-0.15, -0.1) is 11.3 Å². The Hall–Kier alpha value is -1.43. The summed E-state index contributed by atoms with van der Waals surface area (Å²) in [5, 5.41) is 2.80. The van der Waals surface area contributed by atoms with Gasteiger partial charge in [0.05, 0.1) is 17.7 Å². The molecule has 138 valence electrons. The maximum atomic E-state index is 12.8. The van der Waals surface area contributed by atoms with Crippen LogP contribution >= 0.6 is 22.9 Å². The van der Waals surface area contributed by atoms with Crippen LogP contribution in [0.15, 0.2) is 35.2 Å². The molecule has 1 aromatic carbocycles. The molecule has 0 N–H and O–H groups in total. The third kappa shape index (κ3) is 3.80. The lowest BCUT2D eigenvalue weighted by Gasteiger charge is -2.33. The number of aromatic nitrogens is 1. The Bertz CT molecular complexity index is 754. The quantitative estimate of drug-likeness (QED) is 0.773. The van der Waals surface area contributed by atoms with E-state index >= 15 is 0 Å². The normalized spacial score (nSPS) is 21.7. The smallest absolute Gasteiger partial charge is 0.226 e. The van der Waals surface area contributed by atoms with Crippen LogP contribution in [0.25, 0.3) is 0 Å². The second kappa shape index (κ2) is 7.29. The molecule has 1 amide bonds. The molecule has 1 spiro atoms. The molecule has 1 unspecified atom stereocenters. The zero-order valence-corrected chi connectivity index (χ0v) is 16.6. The van der Waals surface area contributed by atoms with E-state index in [2.05, 4.69) is 22.0 Å². The zero-order chi connectivity index (χ0) is 18.1. The predicted octanol–water partition coefficient (Wildman–Crippen LogP) is 4.06. The van der Waals surface area contributed by atoms with Gasteiger partial charge in [-0.3, -0.25) is 9.69 Å². The lowest BCUT2D eigenvalue weighted by Crippen LogP contribution is -2.37. The number of nitrogens with zero attached hydrogens (tertiary/aromatic N) is 3. The van der Waals surface area contributed by atoms with Crippen LogP contribution in [0.3, 0.4) is 0 Å². The Morgan fingerprint density at radius 2 is 2.08 bits per heavy atom. The topological polar surface area (TPSA) is 36.4 Å². The van der Waals surface area contributed by atoms with Gasteiger partial charge in [0.2, 0.25) is 5.91 Å². The number of carbonyl (C=O) groups excluding carboxylic acids is 1. The fourth-order valence-electron chi connectivity index (χ4n) is 4.16. The summed E-state index contributed by atoms with van der Waals surface area (Å²) in [6, 6.07) is 8.11. The van der Waals surface area contributed by atoms with Crippen molar-refractivity contribution in [2.24, 2.45) is 11.3 Å². The lowest BCUT2D eigenvalue weighted by atomic mass is 9.90. The maximum absolute atomic E-state index is 12.8. The predicted molar refractivity (Wildman–Crippen MR) is 105 cm³/mol. The Kier molecular flexibility index (Phi) is 5.04. The second-order valence-corrected chi connectivity index (χ2v) is 8.85. The minimum atomic E-state index is 0.212. The molecule has 2 heterocycles. The number of piperidine rings is 1. The fraction of sp³-hybridized carbons (Fsp3) is 0.500. The number of carbonyl (C=O) groups is 1. The van der Waals surface area contributed by atoms with Gasteiger partial charge in [0.15, 0.2) is 0 Å². The van der Waals surface area contributed by atoms with E-state index in [1.807, 2.05) is 35.0 Å². The Balaban J connectivity index is 1.28. The van der Waals surface area contributed by atoms with Crippen molar-refractivity contribution >= 4 is 28.8 Å². The van der Waals surface area contributed by atoms with Crippen molar-refractivity contribution in [2.75, 3.05) is 20.1 Å². The summed E-state index contributed by atoms with van der Waals surface area (Å²) < 4.78 is 0. The Labute approximate surface area is 163 Å². The number of rotatable bonds is 5. The standard InChI is InChI=1S/C20H24ClN3OS/c1-23(12-17-13-26-14-22-17)19(25)18-10-20(18)6-8-24(9-7-20)11-15-2-4-16(21)5-3-15/h2-5,13-14,18H,6-12H2,1H3. The van der Waals surface area contributed by atoms with Crippen molar-refractivity contribution in [3.05, 3.63) is 51.4 Å². The molecule has 1 aromatic heterocycles. The molecular formula is C20H24ClN3OS. The van der Waals surface area contributed by atoms with Gasteiger partial charge >= 0.3 is 0 Å². The van der Waals surface area contributed by atoms with Gasteiger partial charge in [-0.25, -0.2) is 4.98 Å². The van der Waals surface area contributed by atoms with Crippen molar-refractivity contribution in [3.8, 4) is 0 Å². The van der Waals surface area contributed by atoms with Crippen LogP contribution in [0.2, 0.25) is 5.02 Å². The van der Waals surface area contributed by atoms with E-state index in [0.29, 0.717) is 12.5 Å². The highest BCUT2D eigenvalue weighted by Crippen LogP contribution is 2.60. The van der Waals surface area contributed by atoms with Gasteiger partial charge in [0, 0.05) is 29.9 Å². The van der Waals surface area contributed by atoms with Crippen LogP contribution in [0.5, 0.6) is 0 Å². The molecule has 6 heteroatoms. The van der Waals surface area contributed by atoms with Gasteiger partial charge in [-0.1, -0.05) is 23.7 Å². The minimum Gasteiger partial charge on any atom is -0.340 e. The average Bonchev–Trinajstić information content (AvgIpc) is 3.08. The highest BCUT2D eigenvalue weighted by atomic mass is 35.5. The number of amides is 1. The van der Waals surface area contributed by atoms with E-state index in [0.717, 1.165) is 49.6 Å². The summed E-state index contributed by atoms with van der Waals surface area (Å²) in [4.78, 5) is 21.4. The van der Waals surface area contributed by atoms with Gasteiger partial charge in [-0.2, -0.15) is 0 Å². The van der Waals surface area contributed by atoms with Crippen LogP contribution in [0.4, 0.5) is 0 Å². The van der Waals surface area contributed by atoms with E-state index < -0.39 is 0 Å². The minimum absolute atomic E-state index is 0.212. The summed E-state index contributed by atoms with van der Waals surface area (Å²) in [7, 11) is 1.91. The van der Waals surface area contributed by atoms with Crippen LogP contribution in [0, 0.1) is 11.3 Å². The van der Waals surface area contributed by atoms with Crippen LogP contribution in [-0.2, 0) is 17.9 Å². The molecule has 2 fully saturated rings. The first kappa shape index (κ1) is 18.0. The molecule has 4 rings (SSSR count). The van der Waals surface area contributed by atoms with Crippen LogP contribution in [0.1, 0.15) is 30.5 Å². The summed E-state index contributed by atoms with van der Waals surface area (Å²) in [6.45, 7) is 3.73. The van der Waals surface area contributed by atoms with Crippen molar-refractivity contribution in [1.29, 1.82) is 0 Å². The zero-order valence-electron chi connectivity index (χ0n) is 15.0. The van der Waals surface area contributed by atoms with Gasteiger partial charge in [0.25, 0.3) is 0 Å². The van der Waals surface area contributed by atoms with Crippen molar-refractivity contribution in [2.45, 2.75) is 32.4 Å². The van der Waals surface area contributed by atoms with Gasteiger partial charge in [-0.05, 0) is 55.5 Å². The fourth-order valence-corrected chi connectivity index (χ4v) is 4.83. The molecule has 1 atom stereocenters. The molecule has 1 saturated carbocycles. The lowest BCUT2D eigenvalue weighted by molar-refractivity contribution is -0.133. The number of benzene rings is 1. The molecule has 0 bridgehead atoms. The largest absolute Gasteiger partial charge is 0.340 e. The Morgan fingerprint density at radius 1 is 1.35 bits per heavy atom. The van der Waals surface area contributed by atoms with E-state index in [4.69, 9.17) is 11.6 Å². The van der Waals surface area contributed by atoms with E-state index in [1.165, 1.54) is 5.56 Å². The van der Waals surface area contributed by atoms with E-state index in [9.17, 15) is 4.79 Å². The maximum Gasteiger partial charge on any atom is 0.226 e. The SMILES string of the molecule is CN(Cc1cscn1)C(=O)C1CC12CCN(Cc1ccc(Cl)cc1)CC2. The average molecular weight is 390 g/mol. The molecule has 26 heavy (non-hydrogen) atoms. The first-order valence-corrected chi connectivity index (χ1v) is 10.5. The Morgan fingerprint density at radius 3 is 2.73 bits per heavy atom. The first-order valence-electron chi connectivity index (χ1n) is 9.15. The highest BCUT2D eigenvalue weighted by molar-refractivity contribution is 7.07. The molecule has 0 radical (unpaired) electrons. The number of hydrogen-bond acceptors (Lipinski definition) is 4. The number of halogens is 1. The van der Waals surface area contributed by atoms with E-state index in [1.54, 1.807) is 11.3 Å². The molecular weight excluding hydrogens is 366 g/mol. The van der Waals surface area contributed by atoms with E-state index in [-0.39, 0.29) is 11.3 Å². The van der Waals surface area contributed by atoms with Crippen molar-refractivity contribution in [3.63, 3.8) is 0 Å². The van der Waals surface area contributed by atoms with Crippen molar-refractivity contribution in [1.82, 2.24) is 14.8 Å². The molecule has 2 aromatic rings. The molecule has 1 aliphatic carbocycles. The number of thiazole rings is 1. The molecule has 2 aliphatic rings. The highest BCUT2D eigenvalue weighted by Gasteiger charge is 2.58. The monoisotopic (exact) mass is 389 g/mol. The third-order valence-corrected chi connectivity index (χ3v) is 6.81. The van der Waals surface area contributed by atoms with Gasteiger partial charge < -0.3 is 4.90 Å². The third-order valence-electron chi connectivity index (χ3n) is 5.92. The summed E-state index contributed by atoms with van der Waals surface area (Å²) in [5.41, 5.74) is 4.36. The summed E-state index contributed by atoms with van der Waals surface area (Å²) >= 11 is 7.54. The number of likely N-dealkylation sites (tertiary alicyclic amines) is 1. The molecule has 4 nitrogen and oxygen atoms in total. The second-order valence-electron chi connectivity index (χ2n) is 7.70. The van der Waals surface area contributed by atoms with Crippen molar-refractivity contribution < 1.29 is 4.79 Å². The number of hydrogen-bond donors (Lipinski definition) is 0. The summed E-state index contributed by atoms with van der Waals surface area (Å²) in [6.07, 6.45) is 3.31. The first-order chi connectivity index (χ1) is 12.6. The van der Waals surface area contributed by atoms with Crippen LogP contribution in [-0.4, -0.2) is 40.8 Å². The summed E-state index contributed by atoms with van der Waals surface area (Å²) in [5.74, 6) is 0.507. The molecule has 1 saturated heterocycles. The van der Waals surface area contributed by atoms with Gasteiger partial charge in [0.1, 0.15) is 0 Å². The van der Waals surface area contributed by atoms with Crippen LogP contribution < -0.4 is 0 Å².